The Morgan fingerprint density at radius 1 is 1.38 bits per heavy atom. The van der Waals surface area contributed by atoms with E-state index in [9.17, 15) is 4.79 Å². The van der Waals surface area contributed by atoms with Gasteiger partial charge in [0.15, 0.2) is 5.76 Å². The van der Waals surface area contributed by atoms with Crippen molar-refractivity contribution in [1.82, 2.24) is 9.88 Å². The van der Waals surface area contributed by atoms with Crippen LogP contribution in [0.3, 0.4) is 0 Å². The molecule has 0 aliphatic carbocycles. The Kier molecular flexibility index (Phi) is 4.01. The number of hydrogen-bond donors (Lipinski definition) is 1. The monoisotopic (exact) mass is 286 g/mol. The first-order chi connectivity index (χ1) is 10.2. The fraction of sp³-hybridized carbons (Fsp3) is 0.375. The van der Waals surface area contributed by atoms with Crippen LogP contribution in [0.5, 0.6) is 0 Å². The van der Waals surface area contributed by atoms with Gasteiger partial charge in [0.25, 0.3) is 0 Å². The lowest BCUT2D eigenvalue weighted by molar-refractivity contribution is -0.143. The molecule has 1 aliphatic rings. The fourth-order valence-electron chi connectivity index (χ4n) is 2.71. The number of benzene rings is 1. The van der Waals surface area contributed by atoms with Crippen molar-refractivity contribution in [3.05, 3.63) is 42.4 Å². The Morgan fingerprint density at radius 3 is 2.95 bits per heavy atom. The number of piperidine rings is 1. The predicted octanol–water partition coefficient (Wildman–Crippen LogP) is 2.64. The second-order valence-electron chi connectivity index (χ2n) is 5.40. The second kappa shape index (κ2) is 6.10. The first kappa shape index (κ1) is 13.8. The number of carbonyl (C=O) groups is 1. The molecule has 0 bridgehead atoms. The van der Waals surface area contributed by atoms with Crippen LogP contribution in [-0.4, -0.2) is 34.0 Å². The second-order valence-corrected chi connectivity index (χ2v) is 5.40. The van der Waals surface area contributed by atoms with Crippen LogP contribution in [0.4, 0.5) is 0 Å². The predicted molar refractivity (Wildman–Crippen MR) is 77.6 cm³/mol. The van der Waals surface area contributed by atoms with Gasteiger partial charge < -0.3 is 9.52 Å². The lowest BCUT2D eigenvalue weighted by Crippen LogP contribution is -2.38. The molecule has 0 saturated carbocycles. The maximum Gasteiger partial charge on any atom is 0.307 e. The third kappa shape index (κ3) is 3.31. The minimum Gasteiger partial charge on any atom is -0.481 e. The van der Waals surface area contributed by atoms with Crippen LogP contribution in [0.1, 0.15) is 18.7 Å². The smallest absolute Gasteiger partial charge is 0.307 e. The quantitative estimate of drug-likeness (QED) is 0.936. The molecular formula is C16H18N2O3. The molecule has 1 aromatic heterocycles. The van der Waals surface area contributed by atoms with Crippen LogP contribution in [0.25, 0.3) is 11.3 Å². The standard InChI is InChI=1S/C16H18N2O3/c19-16(20)13-7-4-8-18(10-13)11-15-17-9-14(21-15)12-5-2-1-3-6-12/h1-3,5-6,9,13H,4,7-8,10-11H2,(H,19,20)/t13-/m1/s1. The van der Waals surface area contributed by atoms with Crippen molar-refractivity contribution in [2.75, 3.05) is 13.1 Å². The molecule has 1 saturated heterocycles. The summed E-state index contributed by atoms with van der Waals surface area (Å²) in [5.41, 5.74) is 0.998. The zero-order chi connectivity index (χ0) is 14.7. The van der Waals surface area contributed by atoms with Crippen molar-refractivity contribution in [3.8, 4) is 11.3 Å². The molecule has 1 N–H and O–H groups in total. The molecule has 1 aromatic carbocycles. The van der Waals surface area contributed by atoms with Crippen molar-refractivity contribution >= 4 is 5.97 Å². The summed E-state index contributed by atoms with van der Waals surface area (Å²) >= 11 is 0. The SMILES string of the molecule is O=C(O)[C@@H]1CCCN(Cc2ncc(-c3ccccc3)o2)C1. The summed E-state index contributed by atoms with van der Waals surface area (Å²) in [5.74, 6) is 0.400. The first-order valence-electron chi connectivity index (χ1n) is 7.17. The molecular weight excluding hydrogens is 268 g/mol. The number of rotatable bonds is 4. The number of aliphatic carboxylic acids is 1. The summed E-state index contributed by atoms with van der Waals surface area (Å²) in [4.78, 5) is 17.5. The lowest BCUT2D eigenvalue weighted by Gasteiger charge is -2.29. The summed E-state index contributed by atoms with van der Waals surface area (Å²) in [6.45, 7) is 2.03. The molecule has 5 heteroatoms. The van der Waals surface area contributed by atoms with E-state index in [0.717, 1.165) is 30.7 Å². The lowest BCUT2D eigenvalue weighted by atomic mass is 9.98. The Morgan fingerprint density at radius 2 is 2.19 bits per heavy atom. The molecule has 5 nitrogen and oxygen atoms in total. The van der Waals surface area contributed by atoms with Gasteiger partial charge in [-0.15, -0.1) is 0 Å². The Balaban J connectivity index is 1.66. The highest BCUT2D eigenvalue weighted by atomic mass is 16.4. The number of nitrogens with zero attached hydrogens (tertiary/aromatic N) is 2. The summed E-state index contributed by atoms with van der Waals surface area (Å²) in [5, 5.41) is 9.11. The van der Waals surface area contributed by atoms with E-state index in [4.69, 9.17) is 9.52 Å². The summed E-state index contributed by atoms with van der Waals surface area (Å²) in [6, 6.07) is 9.83. The van der Waals surface area contributed by atoms with Gasteiger partial charge in [-0.25, -0.2) is 4.98 Å². The highest BCUT2D eigenvalue weighted by molar-refractivity contribution is 5.70. The van der Waals surface area contributed by atoms with Crippen molar-refractivity contribution < 1.29 is 14.3 Å². The number of carboxylic acid groups (broad SMARTS) is 1. The third-order valence-electron chi connectivity index (χ3n) is 3.83. The van der Waals surface area contributed by atoms with Gasteiger partial charge >= 0.3 is 5.97 Å². The zero-order valence-corrected chi connectivity index (χ0v) is 11.7. The zero-order valence-electron chi connectivity index (χ0n) is 11.7. The molecule has 1 atom stereocenters. The molecule has 2 aromatic rings. The van der Waals surface area contributed by atoms with E-state index >= 15 is 0 Å². The van der Waals surface area contributed by atoms with E-state index in [0.29, 0.717) is 19.0 Å². The highest BCUT2D eigenvalue weighted by Crippen LogP contribution is 2.22. The third-order valence-corrected chi connectivity index (χ3v) is 3.83. The van der Waals surface area contributed by atoms with Gasteiger partial charge in [-0.05, 0) is 19.4 Å². The van der Waals surface area contributed by atoms with Crippen LogP contribution in [0, 0.1) is 5.92 Å². The molecule has 0 spiro atoms. The number of oxazole rings is 1. The first-order valence-corrected chi connectivity index (χ1v) is 7.17. The van der Waals surface area contributed by atoms with E-state index in [1.807, 2.05) is 30.3 Å². The maximum absolute atomic E-state index is 11.1. The molecule has 2 heterocycles. The molecule has 0 unspecified atom stereocenters. The molecule has 21 heavy (non-hydrogen) atoms. The van der Waals surface area contributed by atoms with Gasteiger partial charge in [-0.1, -0.05) is 30.3 Å². The van der Waals surface area contributed by atoms with E-state index in [-0.39, 0.29) is 5.92 Å². The maximum atomic E-state index is 11.1. The van der Waals surface area contributed by atoms with Gasteiger partial charge in [0, 0.05) is 12.1 Å². The summed E-state index contributed by atoms with van der Waals surface area (Å²) in [6.07, 6.45) is 3.39. The van der Waals surface area contributed by atoms with Crippen LogP contribution in [-0.2, 0) is 11.3 Å². The fourth-order valence-corrected chi connectivity index (χ4v) is 2.71. The van der Waals surface area contributed by atoms with Crippen molar-refractivity contribution in [3.63, 3.8) is 0 Å². The average Bonchev–Trinajstić information content (AvgIpc) is 2.97. The van der Waals surface area contributed by atoms with Gasteiger partial charge in [-0.2, -0.15) is 0 Å². The number of likely N-dealkylation sites (tertiary alicyclic amines) is 1. The minimum absolute atomic E-state index is 0.276. The van der Waals surface area contributed by atoms with Crippen LogP contribution in [0.2, 0.25) is 0 Å². The average molecular weight is 286 g/mol. The Bertz CT molecular complexity index is 609. The van der Waals surface area contributed by atoms with Crippen molar-refractivity contribution in [1.29, 1.82) is 0 Å². The van der Waals surface area contributed by atoms with Gasteiger partial charge in [0.05, 0.1) is 18.7 Å². The van der Waals surface area contributed by atoms with Gasteiger partial charge in [0.2, 0.25) is 5.89 Å². The van der Waals surface area contributed by atoms with Crippen molar-refractivity contribution in [2.45, 2.75) is 19.4 Å². The van der Waals surface area contributed by atoms with Crippen LogP contribution < -0.4 is 0 Å². The Labute approximate surface area is 123 Å². The van der Waals surface area contributed by atoms with Crippen molar-refractivity contribution in [2.24, 2.45) is 5.92 Å². The molecule has 3 rings (SSSR count). The molecule has 1 aliphatic heterocycles. The summed E-state index contributed by atoms with van der Waals surface area (Å²) < 4.78 is 5.77. The van der Waals surface area contributed by atoms with Gasteiger partial charge in [-0.3, -0.25) is 9.69 Å². The van der Waals surface area contributed by atoms with E-state index in [1.165, 1.54) is 0 Å². The topological polar surface area (TPSA) is 66.6 Å². The highest BCUT2D eigenvalue weighted by Gasteiger charge is 2.26. The van der Waals surface area contributed by atoms with E-state index < -0.39 is 5.97 Å². The number of carboxylic acids is 1. The van der Waals surface area contributed by atoms with Crippen LogP contribution in [0.15, 0.2) is 40.9 Å². The number of hydrogen-bond acceptors (Lipinski definition) is 4. The van der Waals surface area contributed by atoms with Crippen LogP contribution >= 0.6 is 0 Å². The van der Waals surface area contributed by atoms with E-state index in [2.05, 4.69) is 9.88 Å². The summed E-state index contributed by atoms with van der Waals surface area (Å²) in [7, 11) is 0. The molecule has 1 fully saturated rings. The van der Waals surface area contributed by atoms with E-state index in [1.54, 1.807) is 6.20 Å². The molecule has 110 valence electrons. The normalized spacial score (nSPS) is 19.5. The van der Waals surface area contributed by atoms with Gasteiger partial charge in [0.1, 0.15) is 0 Å². The molecule has 0 amide bonds. The largest absolute Gasteiger partial charge is 0.481 e. The Hall–Kier alpha value is -2.14. The minimum atomic E-state index is -0.711. The number of aromatic nitrogens is 1. The molecule has 0 radical (unpaired) electrons.